The molecule has 0 radical (unpaired) electrons. The predicted octanol–water partition coefficient (Wildman–Crippen LogP) is 2.05. The van der Waals surface area contributed by atoms with E-state index in [0.717, 1.165) is 11.1 Å². The van der Waals surface area contributed by atoms with Gasteiger partial charge in [0, 0.05) is 22.6 Å². The number of carbonyl (C=O) groups excluding carboxylic acids is 1. The van der Waals surface area contributed by atoms with Crippen molar-refractivity contribution in [1.29, 1.82) is 0 Å². The third-order valence-corrected chi connectivity index (χ3v) is 6.26. The number of aliphatic hydroxyl groups is 1. The number of ether oxygens (including phenoxy) is 1. The largest absolute Gasteiger partial charge is 0.504 e. The first kappa shape index (κ1) is 18.6. The monoisotopic (exact) mass is 408 g/mol. The second kappa shape index (κ2) is 6.06. The number of benzene rings is 1. The molecule has 8 heteroatoms. The van der Waals surface area contributed by atoms with E-state index in [-0.39, 0.29) is 41.2 Å². The van der Waals surface area contributed by atoms with Crippen molar-refractivity contribution >= 4 is 16.9 Å². The van der Waals surface area contributed by atoms with Gasteiger partial charge in [0.15, 0.2) is 17.1 Å². The van der Waals surface area contributed by atoms with E-state index >= 15 is 0 Å². The molecule has 0 unspecified atom stereocenters. The first-order chi connectivity index (χ1) is 14.3. The van der Waals surface area contributed by atoms with Gasteiger partial charge in [-0.3, -0.25) is 4.79 Å². The fraction of sp³-hybridized carbons (Fsp3) is 0.318. The van der Waals surface area contributed by atoms with Crippen LogP contribution < -0.4 is 5.56 Å². The summed E-state index contributed by atoms with van der Waals surface area (Å²) in [4.78, 5) is 30.2. The molecular formula is C22H20N2O6. The highest BCUT2D eigenvalue weighted by atomic mass is 16.6. The number of cyclic esters (lactones) is 1. The van der Waals surface area contributed by atoms with Crippen LogP contribution in [-0.2, 0) is 34.7 Å². The van der Waals surface area contributed by atoms with E-state index in [1.54, 1.807) is 17.6 Å². The minimum absolute atomic E-state index is 0.0765. The lowest BCUT2D eigenvalue weighted by molar-refractivity contribution is -0.172. The molecule has 2 aliphatic heterocycles. The minimum Gasteiger partial charge on any atom is -0.504 e. The van der Waals surface area contributed by atoms with Crippen LogP contribution in [0.2, 0.25) is 0 Å². The number of fused-ring (bicyclic) bond motifs is 5. The Morgan fingerprint density at radius 3 is 2.57 bits per heavy atom. The summed E-state index contributed by atoms with van der Waals surface area (Å²) in [7, 11) is 0. The summed E-state index contributed by atoms with van der Waals surface area (Å²) in [6.07, 6.45) is 0.710. The van der Waals surface area contributed by atoms with Crippen LogP contribution in [0, 0.1) is 0 Å². The van der Waals surface area contributed by atoms with Crippen molar-refractivity contribution < 1.29 is 24.9 Å². The molecule has 0 saturated heterocycles. The van der Waals surface area contributed by atoms with E-state index in [1.165, 1.54) is 12.1 Å². The maximum absolute atomic E-state index is 13.2. The zero-order valence-corrected chi connectivity index (χ0v) is 16.5. The summed E-state index contributed by atoms with van der Waals surface area (Å²) in [5.41, 5.74) is 1.68. The van der Waals surface area contributed by atoms with Crippen molar-refractivity contribution in [2.45, 2.75) is 45.4 Å². The number of phenols is 2. The molecule has 2 aliphatic rings. The molecule has 0 amide bonds. The smallest absolute Gasteiger partial charge is 0.343 e. The molecule has 1 aromatic carbocycles. The van der Waals surface area contributed by atoms with Crippen LogP contribution in [0.4, 0.5) is 0 Å². The second-order valence-electron chi connectivity index (χ2n) is 7.73. The molecule has 4 heterocycles. The number of nitrogens with zero attached hydrogens (tertiary/aromatic N) is 2. The standard InChI is InChI=1S/C22H20N2O6/c1-3-10-11-5-17(25)18(26)7-15(11)23-19-12(10)8-24-16(19)6-14-13(20(24)27)9-30-21(28)22(14,29)4-2/h5-7,25-26,29H,3-4,8-9H2,1-2H3/t22-/m0/s1. The Hall–Kier alpha value is -3.39. The summed E-state index contributed by atoms with van der Waals surface area (Å²) in [6.45, 7) is 3.75. The zero-order chi connectivity index (χ0) is 21.4. The van der Waals surface area contributed by atoms with Crippen molar-refractivity contribution in [2.24, 2.45) is 0 Å². The molecule has 8 nitrogen and oxygen atoms in total. The van der Waals surface area contributed by atoms with Gasteiger partial charge in [0.25, 0.3) is 5.56 Å². The van der Waals surface area contributed by atoms with Crippen LogP contribution in [0.3, 0.4) is 0 Å². The van der Waals surface area contributed by atoms with Crippen LogP contribution in [0.5, 0.6) is 11.5 Å². The summed E-state index contributed by atoms with van der Waals surface area (Å²) >= 11 is 0. The molecule has 0 fully saturated rings. The number of pyridine rings is 2. The molecule has 1 atom stereocenters. The summed E-state index contributed by atoms with van der Waals surface area (Å²) in [6, 6.07) is 4.53. The number of aromatic hydroxyl groups is 2. The van der Waals surface area contributed by atoms with E-state index in [2.05, 4.69) is 4.98 Å². The number of esters is 1. The van der Waals surface area contributed by atoms with Gasteiger partial charge < -0.3 is 24.6 Å². The van der Waals surface area contributed by atoms with Gasteiger partial charge in [-0.05, 0) is 30.5 Å². The third-order valence-electron chi connectivity index (χ3n) is 6.26. The minimum atomic E-state index is -1.88. The Kier molecular flexibility index (Phi) is 3.76. The van der Waals surface area contributed by atoms with Crippen LogP contribution in [0.25, 0.3) is 22.3 Å². The van der Waals surface area contributed by atoms with E-state index < -0.39 is 11.6 Å². The van der Waals surface area contributed by atoms with Gasteiger partial charge in [-0.25, -0.2) is 9.78 Å². The SMILES string of the molecule is CCc1c2c(nc3cc(O)c(O)cc13)-c1cc3c(c(=O)n1C2)COC(=O)[C@]3(O)CC. The quantitative estimate of drug-likeness (QED) is 0.343. The van der Waals surface area contributed by atoms with E-state index in [9.17, 15) is 24.9 Å². The Morgan fingerprint density at radius 2 is 1.87 bits per heavy atom. The maximum Gasteiger partial charge on any atom is 0.343 e. The topological polar surface area (TPSA) is 122 Å². The number of aryl methyl sites for hydroxylation is 1. The van der Waals surface area contributed by atoms with E-state index in [4.69, 9.17) is 4.74 Å². The van der Waals surface area contributed by atoms with Gasteiger partial charge in [-0.15, -0.1) is 0 Å². The average Bonchev–Trinajstić information content (AvgIpc) is 3.09. The van der Waals surface area contributed by atoms with Gasteiger partial charge in [0.1, 0.15) is 6.61 Å². The zero-order valence-electron chi connectivity index (χ0n) is 16.5. The maximum atomic E-state index is 13.2. The predicted molar refractivity (Wildman–Crippen MR) is 107 cm³/mol. The lowest BCUT2D eigenvalue weighted by atomic mass is 9.86. The Morgan fingerprint density at radius 1 is 1.13 bits per heavy atom. The number of carbonyl (C=O) groups is 1. The number of hydrogen-bond acceptors (Lipinski definition) is 7. The molecule has 5 rings (SSSR count). The molecule has 2 aromatic heterocycles. The Labute approximate surface area is 171 Å². The van der Waals surface area contributed by atoms with Crippen LogP contribution in [0.1, 0.15) is 42.5 Å². The molecule has 0 saturated carbocycles. The van der Waals surface area contributed by atoms with Crippen LogP contribution in [-0.4, -0.2) is 30.8 Å². The number of phenolic OH excluding ortho intramolecular Hbond substituents is 2. The van der Waals surface area contributed by atoms with Crippen molar-refractivity contribution in [2.75, 3.05) is 0 Å². The van der Waals surface area contributed by atoms with Crippen molar-refractivity contribution in [3.63, 3.8) is 0 Å². The van der Waals surface area contributed by atoms with Gasteiger partial charge in [0.2, 0.25) is 0 Å². The lowest BCUT2D eigenvalue weighted by Gasteiger charge is -2.31. The molecule has 3 aromatic rings. The van der Waals surface area contributed by atoms with Crippen molar-refractivity contribution in [1.82, 2.24) is 9.55 Å². The van der Waals surface area contributed by atoms with Gasteiger partial charge in [0.05, 0.1) is 29.0 Å². The van der Waals surface area contributed by atoms with Crippen molar-refractivity contribution in [3.8, 4) is 22.9 Å². The molecule has 154 valence electrons. The Balaban J connectivity index is 1.84. The average molecular weight is 408 g/mol. The fourth-order valence-corrected chi connectivity index (χ4v) is 4.59. The van der Waals surface area contributed by atoms with Crippen molar-refractivity contribution in [3.05, 3.63) is 50.8 Å². The molecule has 30 heavy (non-hydrogen) atoms. The van der Waals surface area contributed by atoms with Gasteiger partial charge in [-0.1, -0.05) is 13.8 Å². The van der Waals surface area contributed by atoms with E-state index in [0.29, 0.717) is 35.3 Å². The summed E-state index contributed by atoms with van der Waals surface area (Å²) < 4.78 is 6.66. The third kappa shape index (κ3) is 2.22. The van der Waals surface area contributed by atoms with Crippen LogP contribution >= 0.6 is 0 Å². The molecule has 0 aliphatic carbocycles. The number of rotatable bonds is 2. The van der Waals surface area contributed by atoms with Gasteiger partial charge in [-0.2, -0.15) is 0 Å². The summed E-state index contributed by atoms with van der Waals surface area (Å²) in [5.74, 6) is -1.27. The fourth-order valence-electron chi connectivity index (χ4n) is 4.59. The number of aromatic nitrogens is 2. The highest BCUT2D eigenvalue weighted by Crippen LogP contribution is 2.41. The van der Waals surface area contributed by atoms with E-state index in [1.807, 2.05) is 6.92 Å². The molecule has 0 spiro atoms. The van der Waals surface area contributed by atoms with Crippen LogP contribution in [0.15, 0.2) is 23.0 Å². The first-order valence-electron chi connectivity index (χ1n) is 9.84. The van der Waals surface area contributed by atoms with Gasteiger partial charge >= 0.3 is 5.97 Å². The molecular weight excluding hydrogens is 388 g/mol. The molecule has 0 bridgehead atoms. The number of hydrogen-bond donors (Lipinski definition) is 3. The highest BCUT2D eigenvalue weighted by molar-refractivity contribution is 5.91. The Bertz CT molecular complexity index is 1330. The second-order valence-corrected chi connectivity index (χ2v) is 7.73. The lowest BCUT2D eigenvalue weighted by Crippen LogP contribution is -2.44. The summed E-state index contributed by atoms with van der Waals surface area (Å²) in [5, 5.41) is 31.5. The normalized spacial score (nSPS) is 19.4. The first-order valence-corrected chi connectivity index (χ1v) is 9.84. The highest BCUT2D eigenvalue weighted by Gasteiger charge is 2.45. The molecule has 3 N–H and O–H groups in total.